The highest BCUT2D eigenvalue weighted by Crippen LogP contribution is 2.30. The van der Waals surface area contributed by atoms with E-state index in [0.29, 0.717) is 22.8 Å². The summed E-state index contributed by atoms with van der Waals surface area (Å²) >= 11 is 0. The van der Waals surface area contributed by atoms with Crippen molar-refractivity contribution in [1.29, 1.82) is 0 Å². The fourth-order valence-corrected chi connectivity index (χ4v) is 3.59. The topological polar surface area (TPSA) is 121 Å². The molecule has 6 rings (SSSR count). The fourth-order valence-electron chi connectivity index (χ4n) is 3.59. The largest absolute Gasteiger partial charge is 0.493 e. The third-order valence-corrected chi connectivity index (χ3v) is 5.69. The molecule has 0 spiro atoms. The standard InChI is InChI=1S/C23H22N6O3/c30-22-19(27-23(31)28-22)9-15-11-24-29-20(25-16-6-7-16)10-18(26-21(15)29)14-2-1-3-17(8-14)32-12-13-4-5-13/h1-3,8-11,13,16,30H,4-7,12H2,(H2,27,28,31). The van der Waals surface area contributed by atoms with E-state index in [4.69, 9.17) is 14.7 Å². The van der Waals surface area contributed by atoms with Crippen LogP contribution in [0.1, 0.15) is 31.4 Å². The van der Waals surface area contributed by atoms with Gasteiger partial charge in [-0.15, -0.1) is 0 Å². The summed E-state index contributed by atoms with van der Waals surface area (Å²) in [6, 6.07) is 10.2. The molecule has 3 heterocycles. The molecule has 2 saturated carbocycles. The number of H-pyrrole nitrogens is 2. The Balaban J connectivity index is 1.49. The number of aromatic amines is 2. The lowest BCUT2D eigenvalue weighted by Gasteiger charge is -2.08. The van der Waals surface area contributed by atoms with Crippen LogP contribution in [0.4, 0.5) is 0 Å². The minimum Gasteiger partial charge on any atom is -0.493 e. The molecule has 32 heavy (non-hydrogen) atoms. The van der Waals surface area contributed by atoms with E-state index in [1.807, 2.05) is 30.3 Å². The van der Waals surface area contributed by atoms with Gasteiger partial charge in [0.15, 0.2) is 11.1 Å². The molecule has 0 radical (unpaired) electrons. The predicted molar refractivity (Wildman–Crippen MR) is 117 cm³/mol. The van der Waals surface area contributed by atoms with Gasteiger partial charge in [0.25, 0.3) is 0 Å². The lowest BCUT2D eigenvalue weighted by atomic mass is 10.1. The third-order valence-electron chi connectivity index (χ3n) is 5.69. The van der Waals surface area contributed by atoms with Gasteiger partial charge in [-0.2, -0.15) is 9.61 Å². The second-order valence-electron chi connectivity index (χ2n) is 8.46. The van der Waals surface area contributed by atoms with Gasteiger partial charge in [0.2, 0.25) is 5.88 Å². The van der Waals surface area contributed by atoms with E-state index >= 15 is 0 Å². The van der Waals surface area contributed by atoms with Crippen LogP contribution in [-0.2, 0) is 0 Å². The van der Waals surface area contributed by atoms with Gasteiger partial charge in [-0.1, -0.05) is 12.1 Å². The molecule has 9 heteroatoms. The van der Waals surface area contributed by atoms with Crippen molar-refractivity contribution >= 4 is 11.7 Å². The maximum absolute atomic E-state index is 11.5. The van der Waals surface area contributed by atoms with Gasteiger partial charge in [0, 0.05) is 16.8 Å². The molecule has 0 unspecified atom stereocenters. The molecule has 2 aliphatic rings. The molecular weight excluding hydrogens is 408 g/mol. The zero-order valence-corrected chi connectivity index (χ0v) is 17.3. The van der Waals surface area contributed by atoms with E-state index in [1.165, 1.54) is 12.8 Å². The Labute approximate surface area is 182 Å². The number of rotatable bonds is 6. The van der Waals surface area contributed by atoms with Gasteiger partial charge in [-0.25, -0.2) is 9.78 Å². The van der Waals surface area contributed by atoms with E-state index in [9.17, 15) is 9.90 Å². The van der Waals surface area contributed by atoms with E-state index in [0.717, 1.165) is 41.9 Å². The summed E-state index contributed by atoms with van der Waals surface area (Å²) in [6.45, 7) is 0.748. The summed E-state index contributed by atoms with van der Waals surface area (Å²) in [5.74, 6) is 1.28. The number of imidazole rings is 1. The van der Waals surface area contributed by atoms with Crippen molar-refractivity contribution in [3.8, 4) is 22.9 Å². The van der Waals surface area contributed by atoms with Crippen molar-refractivity contribution < 1.29 is 9.84 Å². The van der Waals surface area contributed by atoms with Gasteiger partial charge < -0.3 is 14.8 Å². The Hall–Kier alpha value is -3.88. The maximum atomic E-state index is 11.5. The Kier molecular flexibility index (Phi) is 4.34. The molecule has 3 aromatic heterocycles. The minimum absolute atomic E-state index is 0.228. The summed E-state index contributed by atoms with van der Waals surface area (Å²) in [4.78, 5) is 26.0. The highest BCUT2D eigenvalue weighted by molar-refractivity contribution is 5.64. The first-order chi connectivity index (χ1) is 15.6. The van der Waals surface area contributed by atoms with Crippen molar-refractivity contribution in [2.24, 2.45) is 10.9 Å². The number of ether oxygens (including phenoxy) is 1. The molecule has 3 N–H and O–H groups in total. The number of hydrogen-bond donors (Lipinski definition) is 3. The number of fused-ring (bicyclic) bond motifs is 1. The van der Waals surface area contributed by atoms with Crippen LogP contribution in [0.15, 0.2) is 46.3 Å². The Morgan fingerprint density at radius 3 is 2.84 bits per heavy atom. The molecule has 0 aliphatic heterocycles. The van der Waals surface area contributed by atoms with Gasteiger partial charge >= 0.3 is 5.69 Å². The molecule has 0 atom stereocenters. The average molecular weight is 430 g/mol. The summed E-state index contributed by atoms with van der Waals surface area (Å²) in [7, 11) is 0. The number of nitrogens with zero attached hydrogens (tertiary/aromatic N) is 4. The molecule has 1 aromatic carbocycles. The Morgan fingerprint density at radius 1 is 1.22 bits per heavy atom. The molecule has 162 valence electrons. The second kappa shape index (κ2) is 7.37. The summed E-state index contributed by atoms with van der Waals surface area (Å²) in [6.07, 6.45) is 7.92. The molecular formula is C23H22N6O3. The van der Waals surface area contributed by atoms with E-state index in [-0.39, 0.29) is 11.6 Å². The van der Waals surface area contributed by atoms with E-state index in [2.05, 4.69) is 15.1 Å². The molecule has 0 saturated heterocycles. The van der Waals surface area contributed by atoms with Crippen molar-refractivity contribution in [2.45, 2.75) is 31.7 Å². The smallest absolute Gasteiger partial charge is 0.326 e. The molecule has 9 nitrogen and oxygen atoms in total. The number of nitrogens with one attached hydrogen (secondary N) is 2. The molecule has 0 amide bonds. The van der Waals surface area contributed by atoms with Crippen molar-refractivity contribution in [3.63, 3.8) is 0 Å². The third kappa shape index (κ3) is 3.77. The van der Waals surface area contributed by atoms with Crippen molar-refractivity contribution in [2.75, 3.05) is 6.61 Å². The van der Waals surface area contributed by atoms with E-state index in [1.54, 1.807) is 16.8 Å². The zero-order valence-electron chi connectivity index (χ0n) is 17.3. The average Bonchev–Trinajstić information content (AvgIpc) is 3.71. The van der Waals surface area contributed by atoms with Crippen LogP contribution in [0.25, 0.3) is 23.0 Å². The van der Waals surface area contributed by atoms with Crippen LogP contribution in [0, 0.1) is 5.92 Å². The highest BCUT2D eigenvalue weighted by Gasteiger charge is 2.22. The first kappa shape index (κ1) is 18.9. The number of benzene rings is 1. The van der Waals surface area contributed by atoms with E-state index < -0.39 is 5.69 Å². The Bertz CT molecular complexity index is 1490. The number of hydrogen-bond acceptors (Lipinski definition) is 6. The van der Waals surface area contributed by atoms with Gasteiger partial charge in [0.05, 0.1) is 24.5 Å². The summed E-state index contributed by atoms with van der Waals surface area (Å²) in [5, 5.41) is 15.1. The second-order valence-corrected chi connectivity index (χ2v) is 8.46. The number of aromatic hydroxyl groups is 1. The predicted octanol–water partition coefficient (Wildman–Crippen LogP) is 1.52. The first-order valence-corrected chi connectivity index (χ1v) is 10.8. The van der Waals surface area contributed by atoms with Crippen LogP contribution in [0.2, 0.25) is 0 Å². The molecule has 2 aliphatic carbocycles. The highest BCUT2D eigenvalue weighted by atomic mass is 16.5. The Morgan fingerprint density at radius 2 is 2.09 bits per heavy atom. The quantitative estimate of drug-likeness (QED) is 0.428. The first-order valence-electron chi connectivity index (χ1n) is 10.8. The SMILES string of the molecule is O=c1[nH]c(O)c(C=c2cnn3c(=NC4CC4)cc(-c4cccc(OCC5CC5)c4)nc23)[nH]1. The zero-order chi connectivity index (χ0) is 21.7. The van der Waals surface area contributed by atoms with Crippen LogP contribution < -0.4 is 21.1 Å². The van der Waals surface area contributed by atoms with Crippen LogP contribution in [0.5, 0.6) is 11.6 Å². The van der Waals surface area contributed by atoms with Gasteiger partial charge in [-0.3, -0.25) is 9.98 Å². The maximum Gasteiger partial charge on any atom is 0.326 e. The number of aromatic nitrogens is 5. The molecule has 4 aromatic rings. The van der Waals surface area contributed by atoms with Crippen LogP contribution >= 0.6 is 0 Å². The van der Waals surface area contributed by atoms with Crippen LogP contribution in [0.3, 0.4) is 0 Å². The van der Waals surface area contributed by atoms with Crippen molar-refractivity contribution in [3.05, 3.63) is 63.4 Å². The lowest BCUT2D eigenvalue weighted by Crippen LogP contribution is -2.19. The fraction of sp³-hybridized carbons (Fsp3) is 0.304. The van der Waals surface area contributed by atoms with Crippen LogP contribution in [-0.4, -0.2) is 42.3 Å². The van der Waals surface area contributed by atoms with Crippen molar-refractivity contribution in [1.82, 2.24) is 24.6 Å². The minimum atomic E-state index is -0.480. The monoisotopic (exact) mass is 430 g/mol. The van der Waals surface area contributed by atoms with Gasteiger partial charge in [0.1, 0.15) is 11.4 Å². The summed E-state index contributed by atoms with van der Waals surface area (Å²) < 4.78 is 7.64. The molecule has 0 bridgehead atoms. The normalized spacial score (nSPS) is 17.4. The molecule has 2 fully saturated rings. The van der Waals surface area contributed by atoms with Gasteiger partial charge in [-0.05, 0) is 49.8 Å². The summed E-state index contributed by atoms with van der Waals surface area (Å²) in [5.41, 5.74) is 2.80. The lowest BCUT2D eigenvalue weighted by molar-refractivity contribution is 0.300.